The number of hydrogen-bond donors (Lipinski definition) is 2. The number of carbonyl (C=O) groups is 1. The average molecular weight is 157 g/mol. The number of hydrogen-bond acceptors (Lipinski definition) is 2. The molecule has 0 spiro atoms. The fourth-order valence-electron chi connectivity index (χ4n) is 0.595. The van der Waals surface area contributed by atoms with Gasteiger partial charge in [0.2, 0.25) is 5.91 Å². The topological polar surface area (TPSA) is 49.3 Å². The molecular weight excluding hydrogens is 142 g/mol. The van der Waals surface area contributed by atoms with Crippen LogP contribution in [0.25, 0.3) is 0 Å². The molecule has 11 heavy (non-hydrogen) atoms. The van der Waals surface area contributed by atoms with Crippen LogP contribution < -0.4 is 5.32 Å². The van der Waals surface area contributed by atoms with Crippen LogP contribution in [0.4, 0.5) is 0 Å². The Kier molecular flexibility index (Phi) is 3.11. The van der Waals surface area contributed by atoms with Gasteiger partial charge in [0.25, 0.3) is 0 Å². The van der Waals surface area contributed by atoms with Gasteiger partial charge in [-0.05, 0) is 27.7 Å². The first-order valence-electron chi connectivity index (χ1n) is 3.51. The third kappa shape index (κ3) is 6.90. The van der Waals surface area contributed by atoms with Crippen LogP contribution in [-0.2, 0) is 4.79 Å². The van der Waals surface area contributed by atoms with Crippen molar-refractivity contribution in [1.82, 2.24) is 5.32 Å². The Morgan fingerprint density at radius 2 is 1.91 bits per heavy atom. The Morgan fingerprint density at radius 3 is 2.18 bits per heavy atom. The smallest absolute Gasteiger partial charge is 0.247 e. The molecule has 0 aliphatic carbocycles. The monoisotopic (exact) mass is 157 g/mol. The summed E-state index contributed by atoms with van der Waals surface area (Å²) in [5.41, 5.74) is -0.247. The quantitative estimate of drug-likeness (QED) is 0.446. The van der Waals surface area contributed by atoms with E-state index in [1.54, 1.807) is 0 Å². The standard InChI is InChI=1S/C8H15NO2/c1-6(10)5-7(11)9-8(2,3)4/h5,10H,1-4H3,(H,9,11)/b6-5-. The van der Waals surface area contributed by atoms with Gasteiger partial charge in [-0.2, -0.15) is 0 Å². The van der Waals surface area contributed by atoms with Crippen LogP contribution in [0.15, 0.2) is 11.8 Å². The van der Waals surface area contributed by atoms with Crippen molar-refractivity contribution in [1.29, 1.82) is 0 Å². The number of rotatable bonds is 1. The summed E-state index contributed by atoms with van der Waals surface area (Å²) < 4.78 is 0. The van der Waals surface area contributed by atoms with Gasteiger partial charge in [0.05, 0.1) is 5.76 Å². The second-order valence-electron chi connectivity index (χ2n) is 3.52. The highest BCUT2D eigenvalue weighted by molar-refractivity contribution is 5.88. The van der Waals surface area contributed by atoms with Crippen molar-refractivity contribution in [3.8, 4) is 0 Å². The Hall–Kier alpha value is -0.990. The summed E-state index contributed by atoms with van der Waals surface area (Å²) in [5, 5.41) is 11.4. The van der Waals surface area contributed by atoms with Crippen LogP contribution in [-0.4, -0.2) is 16.6 Å². The van der Waals surface area contributed by atoms with Crippen LogP contribution in [0.5, 0.6) is 0 Å². The molecule has 1 amide bonds. The largest absolute Gasteiger partial charge is 0.512 e. The normalized spacial score (nSPS) is 12.9. The molecule has 64 valence electrons. The molecule has 0 atom stereocenters. The Labute approximate surface area is 67.1 Å². The molecule has 3 heteroatoms. The zero-order valence-electron chi connectivity index (χ0n) is 7.43. The van der Waals surface area contributed by atoms with Gasteiger partial charge in [0, 0.05) is 11.6 Å². The van der Waals surface area contributed by atoms with E-state index in [4.69, 9.17) is 5.11 Å². The highest BCUT2D eigenvalue weighted by Crippen LogP contribution is 1.98. The molecular formula is C8H15NO2. The Bertz CT molecular complexity index is 173. The fourth-order valence-corrected chi connectivity index (χ4v) is 0.595. The summed E-state index contributed by atoms with van der Waals surface area (Å²) in [6.07, 6.45) is 1.16. The lowest BCUT2D eigenvalue weighted by Gasteiger charge is -2.18. The molecule has 0 unspecified atom stereocenters. The van der Waals surface area contributed by atoms with E-state index in [0.717, 1.165) is 6.08 Å². The van der Waals surface area contributed by atoms with Crippen molar-refractivity contribution in [3.05, 3.63) is 11.8 Å². The first-order chi connectivity index (χ1) is 4.81. The van der Waals surface area contributed by atoms with Gasteiger partial charge in [-0.15, -0.1) is 0 Å². The molecule has 0 saturated heterocycles. The van der Waals surface area contributed by atoms with Crippen molar-refractivity contribution in [2.75, 3.05) is 0 Å². The first-order valence-corrected chi connectivity index (χ1v) is 3.51. The van der Waals surface area contributed by atoms with E-state index in [1.165, 1.54) is 6.92 Å². The maximum absolute atomic E-state index is 10.9. The number of aliphatic hydroxyl groups excluding tert-OH is 1. The molecule has 0 aromatic heterocycles. The zero-order chi connectivity index (χ0) is 9.07. The summed E-state index contributed by atoms with van der Waals surface area (Å²) in [6.45, 7) is 7.10. The maximum Gasteiger partial charge on any atom is 0.247 e. The fraction of sp³-hybridized carbons (Fsp3) is 0.625. The van der Waals surface area contributed by atoms with E-state index >= 15 is 0 Å². The van der Waals surface area contributed by atoms with Crippen LogP contribution >= 0.6 is 0 Å². The lowest BCUT2D eigenvalue weighted by molar-refractivity contribution is -0.117. The Morgan fingerprint density at radius 1 is 1.45 bits per heavy atom. The van der Waals surface area contributed by atoms with Crippen molar-refractivity contribution < 1.29 is 9.90 Å². The Balaban J connectivity index is 4.00. The van der Waals surface area contributed by atoms with Gasteiger partial charge >= 0.3 is 0 Å². The van der Waals surface area contributed by atoms with E-state index in [9.17, 15) is 4.79 Å². The van der Waals surface area contributed by atoms with Crippen LogP contribution in [0.1, 0.15) is 27.7 Å². The van der Waals surface area contributed by atoms with Gasteiger partial charge in [0.15, 0.2) is 0 Å². The van der Waals surface area contributed by atoms with E-state index in [-0.39, 0.29) is 17.2 Å². The van der Waals surface area contributed by atoms with Gasteiger partial charge in [-0.1, -0.05) is 0 Å². The minimum absolute atomic E-state index is 0.0201. The predicted molar refractivity (Wildman–Crippen MR) is 44.3 cm³/mol. The lowest BCUT2D eigenvalue weighted by Crippen LogP contribution is -2.39. The van der Waals surface area contributed by atoms with Crippen molar-refractivity contribution >= 4 is 5.91 Å². The van der Waals surface area contributed by atoms with E-state index < -0.39 is 0 Å². The van der Waals surface area contributed by atoms with Gasteiger partial charge in [-0.25, -0.2) is 0 Å². The highest BCUT2D eigenvalue weighted by atomic mass is 16.3. The number of carbonyl (C=O) groups excluding carboxylic acids is 1. The third-order valence-corrected chi connectivity index (χ3v) is 0.838. The van der Waals surface area contributed by atoms with Crippen LogP contribution in [0, 0.1) is 0 Å². The lowest BCUT2D eigenvalue weighted by atomic mass is 10.1. The average Bonchev–Trinajstić information content (AvgIpc) is 1.53. The summed E-state index contributed by atoms with van der Waals surface area (Å²) in [6, 6.07) is 0. The van der Waals surface area contributed by atoms with Gasteiger partial charge in [0.1, 0.15) is 0 Å². The number of nitrogens with one attached hydrogen (secondary N) is 1. The molecule has 0 rings (SSSR count). The molecule has 0 radical (unpaired) electrons. The second-order valence-corrected chi connectivity index (χ2v) is 3.52. The minimum Gasteiger partial charge on any atom is -0.512 e. The van der Waals surface area contributed by atoms with E-state index in [1.807, 2.05) is 20.8 Å². The third-order valence-electron chi connectivity index (χ3n) is 0.838. The number of aliphatic hydroxyl groups is 1. The molecule has 0 aromatic rings. The zero-order valence-corrected chi connectivity index (χ0v) is 7.43. The minimum atomic E-state index is -0.266. The molecule has 0 fully saturated rings. The van der Waals surface area contributed by atoms with Crippen LogP contribution in [0.3, 0.4) is 0 Å². The van der Waals surface area contributed by atoms with Crippen LogP contribution in [0.2, 0.25) is 0 Å². The first kappa shape index (κ1) is 10.0. The van der Waals surface area contributed by atoms with Crippen molar-refractivity contribution in [2.45, 2.75) is 33.2 Å². The molecule has 0 aliphatic rings. The molecule has 0 bridgehead atoms. The molecule has 2 N–H and O–H groups in total. The summed E-state index contributed by atoms with van der Waals surface area (Å²) in [7, 11) is 0. The van der Waals surface area contributed by atoms with E-state index in [2.05, 4.69) is 5.32 Å². The van der Waals surface area contributed by atoms with Gasteiger partial charge < -0.3 is 10.4 Å². The summed E-state index contributed by atoms with van der Waals surface area (Å²) in [5.74, 6) is -0.246. The second kappa shape index (κ2) is 3.42. The highest BCUT2D eigenvalue weighted by Gasteiger charge is 2.11. The number of allylic oxidation sites excluding steroid dienone is 1. The van der Waals surface area contributed by atoms with E-state index in [0.29, 0.717) is 0 Å². The SMILES string of the molecule is C/C(O)=C/C(=O)NC(C)(C)C. The number of amides is 1. The molecule has 0 aliphatic heterocycles. The predicted octanol–water partition coefficient (Wildman–Crippen LogP) is 1.36. The summed E-state index contributed by atoms with van der Waals surface area (Å²) >= 11 is 0. The molecule has 0 heterocycles. The van der Waals surface area contributed by atoms with Crippen molar-refractivity contribution in [3.63, 3.8) is 0 Å². The molecule has 0 saturated carbocycles. The molecule has 3 nitrogen and oxygen atoms in total. The summed E-state index contributed by atoms with van der Waals surface area (Å²) in [4.78, 5) is 10.9. The molecule has 0 aromatic carbocycles. The van der Waals surface area contributed by atoms with Gasteiger partial charge in [-0.3, -0.25) is 4.79 Å². The maximum atomic E-state index is 10.9. The van der Waals surface area contributed by atoms with Crippen molar-refractivity contribution in [2.24, 2.45) is 0 Å².